The van der Waals surface area contributed by atoms with Crippen molar-refractivity contribution in [3.05, 3.63) is 64.9 Å². The van der Waals surface area contributed by atoms with Crippen molar-refractivity contribution in [1.82, 2.24) is 5.32 Å². The molecule has 2 aromatic carbocycles. The molecule has 0 amide bonds. The number of ether oxygens (including phenoxy) is 1. The Hall–Kier alpha value is -1.55. The third-order valence-electron chi connectivity index (χ3n) is 3.98. The van der Waals surface area contributed by atoms with Gasteiger partial charge in [-0.05, 0) is 43.4 Å². The van der Waals surface area contributed by atoms with Gasteiger partial charge in [-0.3, -0.25) is 0 Å². The number of fused-ring (bicyclic) bond motifs is 1. The van der Waals surface area contributed by atoms with Gasteiger partial charge < -0.3 is 10.1 Å². The van der Waals surface area contributed by atoms with E-state index in [1.54, 1.807) is 11.3 Å². The van der Waals surface area contributed by atoms with Gasteiger partial charge in [0.15, 0.2) is 0 Å². The van der Waals surface area contributed by atoms with Crippen molar-refractivity contribution >= 4 is 34.5 Å². The summed E-state index contributed by atoms with van der Waals surface area (Å²) in [5.41, 5.74) is -0.318. The molecule has 1 aromatic heterocycles. The third kappa shape index (κ3) is 3.86. The van der Waals surface area contributed by atoms with Gasteiger partial charge in [0.1, 0.15) is 11.4 Å². The van der Waals surface area contributed by atoms with Crippen molar-refractivity contribution in [2.75, 3.05) is 13.6 Å². The van der Waals surface area contributed by atoms with Gasteiger partial charge in [-0.1, -0.05) is 42.5 Å². The third-order valence-corrected chi connectivity index (χ3v) is 5.09. The number of rotatable bonds is 6. The Labute approximate surface area is 147 Å². The number of halogens is 1. The molecule has 1 atom stereocenters. The Bertz CT molecular complexity index is 739. The zero-order valence-corrected chi connectivity index (χ0v) is 15.0. The van der Waals surface area contributed by atoms with Crippen LogP contribution in [0.1, 0.15) is 18.2 Å². The molecule has 3 rings (SSSR count). The Morgan fingerprint density at radius 3 is 2.57 bits per heavy atom. The summed E-state index contributed by atoms with van der Waals surface area (Å²) < 4.78 is 6.53. The minimum atomic E-state index is -0.318. The van der Waals surface area contributed by atoms with Crippen LogP contribution in [0.3, 0.4) is 0 Å². The van der Waals surface area contributed by atoms with Crippen LogP contribution in [0.2, 0.25) is 0 Å². The van der Waals surface area contributed by atoms with Crippen molar-refractivity contribution in [3.63, 3.8) is 0 Å². The molecule has 23 heavy (non-hydrogen) atoms. The van der Waals surface area contributed by atoms with Gasteiger partial charge in [-0.2, -0.15) is 0 Å². The summed E-state index contributed by atoms with van der Waals surface area (Å²) in [6.07, 6.45) is 0.924. The predicted molar refractivity (Wildman–Crippen MR) is 102 cm³/mol. The van der Waals surface area contributed by atoms with E-state index in [-0.39, 0.29) is 18.0 Å². The number of hydrogen-bond donors (Lipinski definition) is 1. The molecule has 4 heteroatoms. The SMILES string of the molecule is CNCC[C@](C)(Oc1cccc2ccccc12)c1cccs1.Cl. The second-order valence-corrected chi connectivity index (χ2v) is 6.59. The monoisotopic (exact) mass is 347 g/mol. The van der Waals surface area contributed by atoms with Crippen molar-refractivity contribution in [2.24, 2.45) is 0 Å². The van der Waals surface area contributed by atoms with Crippen LogP contribution in [0.5, 0.6) is 5.75 Å². The molecule has 0 saturated heterocycles. The first kappa shape index (κ1) is 17.8. The van der Waals surface area contributed by atoms with Crippen LogP contribution in [0.4, 0.5) is 0 Å². The number of hydrogen-bond acceptors (Lipinski definition) is 3. The second-order valence-electron chi connectivity index (χ2n) is 5.64. The second kappa shape index (κ2) is 7.82. The number of nitrogens with one attached hydrogen (secondary N) is 1. The van der Waals surface area contributed by atoms with Gasteiger partial charge in [0, 0.05) is 16.7 Å². The summed E-state index contributed by atoms with van der Waals surface area (Å²) in [6, 6.07) is 18.9. The maximum atomic E-state index is 6.53. The van der Waals surface area contributed by atoms with Crippen LogP contribution in [0.15, 0.2) is 60.0 Å². The van der Waals surface area contributed by atoms with Crippen molar-refractivity contribution in [2.45, 2.75) is 18.9 Å². The first-order valence-corrected chi connectivity index (χ1v) is 8.46. The lowest BCUT2D eigenvalue weighted by molar-refractivity contribution is 0.0834. The molecule has 0 aliphatic rings. The molecule has 3 aromatic rings. The Morgan fingerprint density at radius 2 is 1.83 bits per heavy atom. The zero-order chi connectivity index (χ0) is 15.4. The van der Waals surface area contributed by atoms with E-state index in [0.717, 1.165) is 24.1 Å². The van der Waals surface area contributed by atoms with Crippen LogP contribution >= 0.6 is 23.7 Å². The van der Waals surface area contributed by atoms with Gasteiger partial charge in [0.05, 0.1) is 0 Å². The van der Waals surface area contributed by atoms with E-state index in [4.69, 9.17) is 4.74 Å². The normalized spacial score (nSPS) is 13.3. The molecule has 0 saturated carbocycles. The maximum absolute atomic E-state index is 6.53. The van der Waals surface area contributed by atoms with E-state index in [0.29, 0.717) is 0 Å². The summed E-state index contributed by atoms with van der Waals surface area (Å²) in [5.74, 6) is 0.949. The van der Waals surface area contributed by atoms with Crippen molar-refractivity contribution < 1.29 is 4.74 Å². The highest BCUT2D eigenvalue weighted by Gasteiger charge is 2.30. The first-order valence-electron chi connectivity index (χ1n) is 7.58. The molecule has 0 unspecified atom stereocenters. The van der Waals surface area contributed by atoms with Crippen LogP contribution < -0.4 is 10.1 Å². The number of thiophene rings is 1. The highest BCUT2D eigenvalue weighted by Crippen LogP contribution is 2.36. The van der Waals surface area contributed by atoms with Crippen LogP contribution in [-0.4, -0.2) is 13.6 Å². The summed E-state index contributed by atoms with van der Waals surface area (Å²) >= 11 is 1.75. The molecular weight excluding hydrogens is 326 g/mol. The summed E-state index contributed by atoms with van der Waals surface area (Å²) in [7, 11) is 1.98. The highest BCUT2D eigenvalue weighted by molar-refractivity contribution is 7.10. The Kier molecular flexibility index (Phi) is 6.05. The topological polar surface area (TPSA) is 21.3 Å². The Morgan fingerprint density at radius 1 is 1.04 bits per heavy atom. The molecule has 1 N–H and O–H groups in total. The van der Waals surface area contributed by atoms with Crippen LogP contribution in [0.25, 0.3) is 10.8 Å². The van der Waals surface area contributed by atoms with Gasteiger partial charge in [-0.15, -0.1) is 23.7 Å². The molecule has 0 fully saturated rings. The lowest BCUT2D eigenvalue weighted by Gasteiger charge is -2.30. The lowest BCUT2D eigenvalue weighted by Crippen LogP contribution is -2.32. The fraction of sp³-hybridized carbons (Fsp3) is 0.263. The molecular formula is C19H22ClNOS. The molecule has 0 aliphatic heterocycles. The predicted octanol–water partition coefficient (Wildman–Crippen LogP) is 5.23. The quantitative estimate of drug-likeness (QED) is 0.659. The standard InChI is InChI=1S/C19H21NOS.ClH/c1-19(12-13-20-2,18-11-6-14-22-18)21-17-10-5-8-15-7-3-4-9-16(15)17;/h3-11,14,20H,12-13H2,1-2H3;1H/t19-;/m0./s1. The van der Waals surface area contributed by atoms with Crippen molar-refractivity contribution in [1.29, 1.82) is 0 Å². The molecule has 0 aliphatic carbocycles. The average Bonchev–Trinajstić information content (AvgIpc) is 3.09. The average molecular weight is 348 g/mol. The van der Waals surface area contributed by atoms with E-state index in [2.05, 4.69) is 72.2 Å². The first-order chi connectivity index (χ1) is 10.7. The van der Waals surface area contributed by atoms with Gasteiger partial charge in [-0.25, -0.2) is 0 Å². The maximum Gasteiger partial charge on any atom is 0.141 e. The molecule has 0 spiro atoms. The van der Waals surface area contributed by atoms with Crippen LogP contribution in [0, 0.1) is 0 Å². The molecule has 2 nitrogen and oxygen atoms in total. The smallest absolute Gasteiger partial charge is 0.141 e. The van der Waals surface area contributed by atoms with E-state index in [9.17, 15) is 0 Å². The van der Waals surface area contributed by atoms with E-state index < -0.39 is 0 Å². The van der Waals surface area contributed by atoms with Gasteiger partial charge in [0.25, 0.3) is 0 Å². The fourth-order valence-electron chi connectivity index (χ4n) is 2.69. The van der Waals surface area contributed by atoms with E-state index in [1.165, 1.54) is 10.3 Å². The van der Waals surface area contributed by atoms with E-state index in [1.807, 2.05) is 7.05 Å². The minimum Gasteiger partial charge on any atom is -0.481 e. The fourth-order valence-corrected chi connectivity index (χ4v) is 3.55. The van der Waals surface area contributed by atoms with Crippen LogP contribution in [-0.2, 0) is 5.60 Å². The summed E-state index contributed by atoms with van der Waals surface area (Å²) in [5, 5.41) is 7.72. The van der Waals surface area contributed by atoms with E-state index >= 15 is 0 Å². The molecule has 0 bridgehead atoms. The lowest BCUT2D eigenvalue weighted by atomic mass is 9.99. The van der Waals surface area contributed by atoms with Gasteiger partial charge >= 0.3 is 0 Å². The Balaban J connectivity index is 0.00000192. The molecule has 1 heterocycles. The number of benzene rings is 2. The minimum absolute atomic E-state index is 0. The zero-order valence-electron chi connectivity index (χ0n) is 13.4. The molecule has 0 radical (unpaired) electrons. The molecule has 122 valence electrons. The highest BCUT2D eigenvalue weighted by atomic mass is 35.5. The summed E-state index contributed by atoms with van der Waals surface area (Å²) in [4.78, 5) is 1.26. The van der Waals surface area contributed by atoms with Gasteiger partial charge in [0.2, 0.25) is 0 Å². The van der Waals surface area contributed by atoms with Crippen molar-refractivity contribution in [3.8, 4) is 5.75 Å². The largest absolute Gasteiger partial charge is 0.481 e. The summed E-state index contributed by atoms with van der Waals surface area (Å²) in [6.45, 7) is 3.09.